The molecular weight excluding hydrogens is 146 g/mol. The first kappa shape index (κ1) is 12.0. The molecule has 12 heavy (non-hydrogen) atoms. The van der Waals surface area contributed by atoms with Crippen molar-refractivity contribution in [2.75, 3.05) is 0 Å². The van der Waals surface area contributed by atoms with E-state index in [0.29, 0.717) is 12.0 Å². The summed E-state index contributed by atoms with van der Waals surface area (Å²) in [5.74, 6) is 2.26. The van der Waals surface area contributed by atoms with Crippen LogP contribution in [0.4, 0.5) is 0 Å². The first-order valence-corrected chi connectivity index (χ1v) is 5.24. The van der Waals surface area contributed by atoms with Crippen LogP contribution < -0.4 is 5.73 Å². The van der Waals surface area contributed by atoms with E-state index in [2.05, 4.69) is 34.6 Å². The van der Waals surface area contributed by atoms with Crippen LogP contribution in [-0.4, -0.2) is 6.04 Å². The van der Waals surface area contributed by atoms with Gasteiger partial charge >= 0.3 is 0 Å². The number of hydrogen-bond acceptors (Lipinski definition) is 1. The summed E-state index contributed by atoms with van der Waals surface area (Å²) in [6.45, 7) is 11.3. The van der Waals surface area contributed by atoms with Crippen LogP contribution in [-0.2, 0) is 0 Å². The van der Waals surface area contributed by atoms with E-state index < -0.39 is 0 Å². The number of nitrogens with two attached hydrogens (primary N) is 1. The van der Waals surface area contributed by atoms with Crippen LogP contribution in [0.1, 0.15) is 47.5 Å². The van der Waals surface area contributed by atoms with Crippen molar-refractivity contribution in [3.05, 3.63) is 0 Å². The van der Waals surface area contributed by atoms with E-state index in [-0.39, 0.29) is 0 Å². The molecule has 74 valence electrons. The van der Waals surface area contributed by atoms with Crippen molar-refractivity contribution in [3.8, 4) is 0 Å². The Morgan fingerprint density at radius 2 is 1.58 bits per heavy atom. The summed E-state index contributed by atoms with van der Waals surface area (Å²) in [5, 5.41) is 0. The summed E-state index contributed by atoms with van der Waals surface area (Å²) >= 11 is 0. The molecule has 2 N–H and O–H groups in total. The number of rotatable bonds is 5. The molecule has 0 radical (unpaired) electrons. The smallest absolute Gasteiger partial charge is 0.00386 e. The Labute approximate surface area is 77.7 Å². The zero-order valence-corrected chi connectivity index (χ0v) is 9.30. The Bertz CT molecular complexity index is 110. The van der Waals surface area contributed by atoms with Gasteiger partial charge in [0.25, 0.3) is 0 Å². The zero-order chi connectivity index (χ0) is 9.72. The Morgan fingerprint density at radius 3 is 1.92 bits per heavy atom. The second-order valence-electron chi connectivity index (χ2n) is 4.44. The predicted molar refractivity (Wildman–Crippen MR) is 56.0 cm³/mol. The second kappa shape index (κ2) is 5.58. The van der Waals surface area contributed by atoms with Gasteiger partial charge < -0.3 is 5.73 Å². The summed E-state index contributed by atoms with van der Waals surface area (Å²) in [6, 6.07) is 0.337. The van der Waals surface area contributed by atoms with Gasteiger partial charge in [0.2, 0.25) is 0 Å². The van der Waals surface area contributed by atoms with E-state index in [9.17, 15) is 0 Å². The minimum Gasteiger partial charge on any atom is -0.328 e. The fourth-order valence-electron chi connectivity index (χ4n) is 1.53. The molecule has 0 aromatic carbocycles. The molecule has 0 aliphatic carbocycles. The Hall–Kier alpha value is -0.0400. The van der Waals surface area contributed by atoms with Crippen LogP contribution in [0.15, 0.2) is 0 Å². The Kier molecular flexibility index (Phi) is 5.56. The lowest BCUT2D eigenvalue weighted by Gasteiger charge is -2.25. The maximum absolute atomic E-state index is 5.85. The standard InChI is InChI=1S/C11H25N/c1-6-8(2)7-9(3)10(4)11(5)12/h8-11H,6-7,12H2,1-5H3. The Balaban J connectivity index is 3.78. The van der Waals surface area contributed by atoms with Gasteiger partial charge in [0.05, 0.1) is 0 Å². The number of hydrogen-bond donors (Lipinski definition) is 1. The maximum Gasteiger partial charge on any atom is 0.00386 e. The van der Waals surface area contributed by atoms with Crippen molar-refractivity contribution >= 4 is 0 Å². The van der Waals surface area contributed by atoms with Crippen LogP contribution in [0.5, 0.6) is 0 Å². The first-order chi connectivity index (χ1) is 5.49. The third-order valence-electron chi connectivity index (χ3n) is 3.20. The minimum absolute atomic E-state index is 0.337. The molecule has 0 saturated carbocycles. The summed E-state index contributed by atoms with van der Waals surface area (Å²) in [4.78, 5) is 0. The average molecular weight is 171 g/mol. The fraction of sp³-hybridized carbons (Fsp3) is 1.00. The molecule has 1 nitrogen and oxygen atoms in total. The normalized spacial score (nSPS) is 21.5. The van der Waals surface area contributed by atoms with Gasteiger partial charge in [0, 0.05) is 6.04 Å². The molecular formula is C11H25N. The molecule has 0 saturated heterocycles. The molecule has 4 atom stereocenters. The first-order valence-electron chi connectivity index (χ1n) is 5.24. The maximum atomic E-state index is 5.85. The highest BCUT2D eigenvalue weighted by molar-refractivity contribution is 4.71. The van der Waals surface area contributed by atoms with E-state index in [4.69, 9.17) is 5.73 Å². The van der Waals surface area contributed by atoms with Gasteiger partial charge in [-0.1, -0.05) is 34.1 Å². The van der Waals surface area contributed by atoms with Gasteiger partial charge in [-0.05, 0) is 31.1 Å². The molecule has 0 aliphatic rings. The molecule has 0 bridgehead atoms. The van der Waals surface area contributed by atoms with Crippen molar-refractivity contribution < 1.29 is 0 Å². The predicted octanol–water partition coefficient (Wildman–Crippen LogP) is 3.04. The van der Waals surface area contributed by atoms with E-state index in [0.717, 1.165) is 11.8 Å². The highest BCUT2D eigenvalue weighted by Gasteiger charge is 2.17. The topological polar surface area (TPSA) is 26.0 Å². The molecule has 0 aliphatic heterocycles. The molecule has 4 unspecified atom stereocenters. The molecule has 0 spiro atoms. The van der Waals surface area contributed by atoms with Crippen molar-refractivity contribution in [1.82, 2.24) is 0 Å². The molecule has 0 fully saturated rings. The van der Waals surface area contributed by atoms with Crippen LogP contribution >= 0.6 is 0 Å². The third-order valence-corrected chi connectivity index (χ3v) is 3.20. The minimum atomic E-state index is 0.337. The summed E-state index contributed by atoms with van der Waals surface area (Å²) in [6.07, 6.45) is 2.61. The van der Waals surface area contributed by atoms with Gasteiger partial charge in [-0.25, -0.2) is 0 Å². The molecule has 0 heterocycles. The van der Waals surface area contributed by atoms with Gasteiger partial charge in [0.15, 0.2) is 0 Å². The monoisotopic (exact) mass is 171 g/mol. The highest BCUT2D eigenvalue weighted by Crippen LogP contribution is 2.23. The molecule has 1 heteroatoms. The van der Waals surface area contributed by atoms with Crippen molar-refractivity contribution in [2.24, 2.45) is 23.5 Å². The van der Waals surface area contributed by atoms with Gasteiger partial charge in [-0.3, -0.25) is 0 Å². The van der Waals surface area contributed by atoms with E-state index >= 15 is 0 Å². The lowest BCUT2D eigenvalue weighted by molar-refractivity contribution is 0.280. The average Bonchev–Trinajstić information content (AvgIpc) is 2.02. The van der Waals surface area contributed by atoms with Gasteiger partial charge in [-0.15, -0.1) is 0 Å². The summed E-state index contributed by atoms with van der Waals surface area (Å²) in [5.41, 5.74) is 5.85. The van der Waals surface area contributed by atoms with Gasteiger partial charge in [0.1, 0.15) is 0 Å². The quantitative estimate of drug-likeness (QED) is 0.676. The van der Waals surface area contributed by atoms with E-state index in [1.807, 2.05) is 0 Å². The van der Waals surface area contributed by atoms with Crippen LogP contribution in [0.25, 0.3) is 0 Å². The second-order valence-corrected chi connectivity index (χ2v) is 4.44. The lowest BCUT2D eigenvalue weighted by atomic mass is 9.83. The van der Waals surface area contributed by atoms with Crippen LogP contribution in [0.3, 0.4) is 0 Å². The Morgan fingerprint density at radius 1 is 1.08 bits per heavy atom. The lowest BCUT2D eigenvalue weighted by Crippen LogP contribution is -2.29. The van der Waals surface area contributed by atoms with E-state index in [1.54, 1.807) is 0 Å². The fourth-order valence-corrected chi connectivity index (χ4v) is 1.53. The van der Waals surface area contributed by atoms with E-state index in [1.165, 1.54) is 12.8 Å². The highest BCUT2D eigenvalue weighted by atomic mass is 14.6. The molecule has 0 rings (SSSR count). The van der Waals surface area contributed by atoms with Crippen molar-refractivity contribution in [1.29, 1.82) is 0 Å². The van der Waals surface area contributed by atoms with Crippen LogP contribution in [0, 0.1) is 17.8 Å². The largest absolute Gasteiger partial charge is 0.328 e. The van der Waals surface area contributed by atoms with Crippen LogP contribution in [0.2, 0.25) is 0 Å². The summed E-state index contributed by atoms with van der Waals surface area (Å²) in [7, 11) is 0. The van der Waals surface area contributed by atoms with Gasteiger partial charge in [-0.2, -0.15) is 0 Å². The third kappa shape index (κ3) is 4.10. The molecule has 0 amide bonds. The molecule has 0 aromatic heterocycles. The SMILES string of the molecule is CCC(C)CC(C)C(C)C(C)N. The molecule has 0 aromatic rings. The van der Waals surface area contributed by atoms with Crippen molar-refractivity contribution in [2.45, 2.75) is 53.5 Å². The zero-order valence-electron chi connectivity index (χ0n) is 9.30. The summed E-state index contributed by atoms with van der Waals surface area (Å²) < 4.78 is 0. The van der Waals surface area contributed by atoms with Crippen molar-refractivity contribution in [3.63, 3.8) is 0 Å².